The molecule has 5 heteroatoms. The fraction of sp³-hybridized carbons (Fsp3) is 0.556. The van der Waals surface area contributed by atoms with Gasteiger partial charge in [0.15, 0.2) is 0 Å². The van der Waals surface area contributed by atoms with Crippen molar-refractivity contribution < 1.29 is 4.79 Å². The minimum Gasteiger partial charge on any atom is -0.352 e. The first-order chi connectivity index (χ1) is 6.84. The van der Waals surface area contributed by atoms with Crippen molar-refractivity contribution >= 4 is 17.7 Å². The second-order valence-electron chi connectivity index (χ2n) is 3.39. The standard InChI is InChI=1S/C9H13N3OS/c13-9(5-7-1-3-10-12-7)11-8-2-4-14-6-8/h1,3,8H,2,4-6H2,(H,10,12)(H,11,13). The van der Waals surface area contributed by atoms with Crippen LogP contribution in [-0.4, -0.2) is 33.7 Å². The summed E-state index contributed by atoms with van der Waals surface area (Å²) in [6, 6.07) is 2.19. The summed E-state index contributed by atoms with van der Waals surface area (Å²) in [5, 5.41) is 9.58. The SMILES string of the molecule is O=C(Cc1ccn[nH]1)NC1CCSC1. The molecule has 14 heavy (non-hydrogen) atoms. The maximum Gasteiger partial charge on any atom is 0.226 e. The first-order valence-corrected chi connectivity index (χ1v) is 5.85. The highest BCUT2D eigenvalue weighted by atomic mass is 32.2. The predicted octanol–water partition coefficient (Wildman–Crippen LogP) is 0.574. The van der Waals surface area contributed by atoms with Gasteiger partial charge in [-0.2, -0.15) is 16.9 Å². The molecule has 2 N–H and O–H groups in total. The summed E-state index contributed by atoms with van der Waals surface area (Å²) in [6.45, 7) is 0. The van der Waals surface area contributed by atoms with Crippen LogP contribution in [-0.2, 0) is 11.2 Å². The Morgan fingerprint density at radius 2 is 2.71 bits per heavy atom. The summed E-state index contributed by atoms with van der Waals surface area (Å²) in [4.78, 5) is 11.5. The Hall–Kier alpha value is -0.970. The lowest BCUT2D eigenvalue weighted by Gasteiger charge is -2.10. The lowest BCUT2D eigenvalue weighted by atomic mass is 10.2. The van der Waals surface area contributed by atoms with E-state index in [1.807, 2.05) is 17.8 Å². The normalized spacial score (nSPS) is 21.0. The zero-order valence-electron chi connectivity index (χ0n) is 7.82. The van der Waals surface area contributed by atoms with Crippen LogP contribution in [0.4, 0.5) is 0 Å². The Labute approximate surface area is 86.8 Å². The van der Waals surface area contributed by atoms with Crippen LogP contribution in [0.25, 0.3) is 0 Å². The zero-order valence-corrected chi connectivity index (χ0v) is 8.64. The van der Waals surface area contributed by atoms with Crippen molar-refractivity contribution in [3.05, 3.63) is 18.0 Å². The molecule has 4 nitrogen and oxygen atoms in total. The second-order valence-corrected chi connectivity index (χ2v) is 4.54. The smallest absolute Gasteiger partial charge is 0.226 e. The Bertz CT molecular complexity index is 293. The molecule has 0 aromatic carbocycles. The van der Waals surface area contributed by atoms with Crippen molar-refractivity contribution in [2.24, 2.45) is 0 Å². The Kier molecular flexibility index (Phi) is 3.08. The Morgan fingerprint density at radius 3 is 3.36 bits per heavy atom. The summed E-state index contributed by atoms with van der Waals surface area (Å²) in [5.41, 5.74) is 0.869. The molecule has 0 radical (unpaired) electrons. The van der Waals surface area contributed by atoms with Crippen LogP contribution >= 0.6 is 11.8 Å². The number of aromatic amines is 1. The molecule has 0 aliphatic carbocycles. The minimum absolute atomic E-state index is 0.0850. The molecule has 1 unspecified atom stereocenters. The van der Waals surface area contributed by atoms with E-state index in [9.17, 15) is 4.79 Å². The van der Waals surface area contributed by atoms with Crippen molar-refractivity contribution in [3.63, 3.8) is 0 Å². The zero-order chi connectivity index (χ0) is 9.80. The summed E-state index contributed by atoms with van der Waals surface area (Å²) < 4.78 is 0. The van der Waals surface area contributed by atoms with Crippen molar-refractivity contribution in [2.45, 2.75) is 18.9 Å². The second kappa shape index (κ2) is 4.50. The molecule has 1 saturated heterocycles. The monoisotopic (exact) mass is 211 g/mol. The van der Waals surface area contributed by atoms with E-state index in [0.29, 0.717) is 12.5 Å². The third-order valence-electron chi connectivity index (χ3n) is 2.20. The van der Waals surface area contributed by atoms with Gasteiger partial charge < -0.3 is 5.32 Å². The largest absolute Gasteiger partial charge is 0.352 e. The van der Waals surface area contributed by atoms with E-state index in [-0.39, 0.29) is 5.91 Å². The van der Waals surface area contributed by atoms with E-state index in [2.05, 4.69) is 15.5 Å². The maximum atomic E-state index is 11.5. The van der Waals surface area contributed by atoms with Crippen molar-refractivity contribution in [3.8, 4) is 0 Å². The number of nitrogens with zero attached hydrogens (tertiary/aromatic N) is 1. The molecular weight excluding hydrogens is 198 g/mol. The molecule has 1 aliphatic heterocycles. The molecule has 1 aliphatic rings. The maximum absolute atomic E-state index is 11.5. The minimum atomic E-state index is 0.0850. The molecule has 2 rings (SSSR count). The number of H-pyrrole nitrogens is 1. The third-order valence-corrected chi connectivity index (χ3v) is 3.37. The van der Waals surface area contributed by atoms with E-state index >= 15 is 0 Å². The van der Waals surface area contributed by atoms with Crippen molar-refractivity contribution in [1.82, 2.24) is 15.5 Å². The molecule has 0 bridgehead atoms. The summed E-state index contributed by atoms with van der Waals surface area (Å²) >= 11 is 1.90. The van der Waals surface area contributed by atoms with Crippen LogP contribution in [0.2, 0.25) is 0 Å². The van der Waals surface area contributed by atoms with E-state index in [1.54, 1.807) is 6.20 Å². The molecule has 1 amide bonds. The van der Waals surface area contributed by atoms with Crippen molar-refractivity contribution in [2.75, 3.05) is 11.5 Å². The molecule has 0 spiro atoms. The van der Waals surface area contributed by atoms with Gasteiger partial charge in [0, 0.05) is 23.7 Å². The van der Waals surface area contributed by atoms with Gasteiger partial charge in [0.25, 0.3) is 0 Å². The van der Waals surface area contributed by atoms with Gasteiger partial charge in [-0.25, -0.2) is 0 Å². The first-order valence-electron chi connectivity index (χ1n) is 4.70. The van der Waals surface area contributed by atoms with Gasteiger partial charge in [0.1, 0.15) is 0 Å². The lowest BCUT2D eigenvalue weighted by molar-refractivity contribution is -0.121. The highest BCUT2D eigenvalue weighted by Gasteiger charge is 2.17. The highest BCUT2D eigenvalue weighted by Crippen LogP contribution is 2.16. The molecule has 76 valence electrons. The predicted molar refractivity (Wildman–Crippen MR) is 56.2 cm³/mol. The molecule has 1 fully saturated rings. The van der Waals surface area contributed by atoms with Gasteiger partial charge in [0.05, 0.1) is 6.42 Å². The van der Waals surface area contributed by atoms with Gasteiger partial charge >= 0.3 is 0 Å². The molecule has 0 saturated carbocycles. The molecular formula is C9H13N3OS. The molecule has 1 atom stereocenters. The van der Waals surface area contributed by atoms with Gasteiger partial charge in [-0.3, -0.25) is 9.89 Å². The fourth-order valence-electron chi connectivity index (χ4n) is 1.48. The van der Waals surface area contributed by atoms with Crippen LogP contribution in [0.15, 0.2) is 12.3 Å². The number of thioether (sulfide) groups is 1. The topological polar surface area (TPSA) is 57.8 Å². The Morgan fingerprint density at radius 1 is 1.79 bits per heavy atom. The van der Waals surface area contributed by atoms with Gasteiger partial charge in [-0.1, -0.05) is 0 Å². The molecule has 1 aromatic rings. The van der Waals surface area contributed by atoms with Gasteiger partial charge in [0.2, 0.25) is 5.91 Å². The number of carbonyl (C=O) groups excluding carboxylic acids is 1. The average molecular weight is 211 g/mol. The Balaban J connectivity index is 1.78. The van der Waals surface area contributed by atoms with Crippen LogP contribution in [0, 0.1) is 0 Å². The van der Waals surface area contributed by atoms with E-state index < -0.39 is 0 Å². The quantitative estimate of drug-likeness (QED) is 0.768. The van der Waals surface area contributed by atoms with Crippen molar-refractivity contribution in [1.29, 1.82) is 0 Å². The number of carbonyl (C=O) groups is 1. The molecule has 2 heterocycles. The fourth-order valence-corrected chi connectivity index (χ4v) is 2.64. The summed E-state index contributed by atoms with van der Waals surface area (Å²) in [6.07, 6.45) is 3.16. The van der Waals surface area contributed by atoms with Crippen LogP contribution in [0.1, 0.15) is 12.1 Å². The van der Waals surface area contributed by atoms with E-state index in [4.69, 9.17) is 0 Å². The highest BCUT2D eigenvalue weighted by molar-refractivity contribution is 7.99. The number of amides is 1. The van der Waals surface area contributed by atoms with E-state index in [1.165, 1.54) is 0 Å². The van der Waals surface area contributed by atoms with E-state index in [0.717, 1.165) is 23.6 Å². The first kappa shape index (κ1) is 9.58. The van der Waals surface area contributed by atoms with Gasteiger partial charge in [-0.15, -0.1) is 0 Å². The number of rotatable bonds is 3. The summed E-state index contributed by atoms with van der Waals surface area (Å²) in [7, 11) is 0. The van der Waals surface area contributed by atoms with Gasteiger partial charge in [-0.05, 0) is 18.2 Å². The third kappa shape index (κ3) is 2.51. The average Bonchev–Trinajstić information content (AvgIpc) is 2.76. The number of nitrogens with one attached hydrogen (secondary N) is 2. The molecule has 1 aromatic heterocycles. The van der Waals surface area contributed by atoms with Crippen LogP contribution in [0.3, 0.4) is 0 Å². The number of hydrogen-bond donors (Lipinski definition) is 2. The summed E-state index contributed by atoms with van der Waals surface area (Å²) in [5.74, 6) is 2.30. The number of hydrogen-bond acceptors (Lipinski definition) is 3. The van der Waals surface area contributed by atoms with Crippen LogP contribution in [0.5, 0.6) is 0 Å². The van der Waals surface area contributed by atoms with Crippen LogP contribution < -0.4 is 5.32 Å². The lowest BCUT2D eigenvalue weighted by Crippen LogP contribution is -2.35. The number of aromatic nitrogens is 2.